The van der Waals surface area contributed by atoms with E-state index in [-0.39, 0.29) is 19.3 Å². The van der Waals surface area contributed by atoms with Crippen molar-refractivity contribution in [1.82, 2.24) is 0 Å². The van der Waals surface area contributed by atoms with Crippen molar-refractivity contribution in [1.29, 1.82) is 0 Å². The number of aliphatic hydroxyl groups is 2. The average molecular weight is 1320 g/mol. The molecule has 0 bridgehead atoms. The van der Waals surface area contributed by atoms with Crippen LogP contribution >= 0.6 is 15.6 Å². The molecule has 18 heteroatoms. The lowest BCUT2D eigenvalue weighted by Gasteiger charge is -2.21. The molecule has 522 valence electrons. The first kappa shape index (κ1) is 87.0. The van der Waals surface area contributed by atoms with Crippen LogP contribution in [0.5, 0.6) is 0 Å². The molecule has 0 amide bonds. The molecule has 0 aliphatic rings. The maximum absolute atomic E-state index is 12.9. The number of unbranched alkanes of at least 4 members (excludes halogenated alkanes) is 22. The summed E-state index contributed by atoms with van der Waals surface area (Å²) in [5.41, 5.74) is 0. The summed E-state index contributed by atoms with van der Waals surface area (Å²) in [6.07, 6.45) is 75.3. The van der Waals surface area contributed by atoms with Crippen LogP contribution in [0.4, 0.5) is 0 Å². The Hall–Kier alpha value is -4.05. The van der Waals surface area contributed by atoms with Crippen LogP contribution in [0.25, 0.3) is 0 Å². The summed E-state index contributed by atoms with van der Waals surface area (Å²) in [6, 6.07) is 0. The van der Waals surface area contributed by atoms with Gasteiger partial charge in [-0.15, -0.1) is 0 Å². The topological polar surface area (TPSA) is 231 Å². The minimum Gasteiger partial charge on any atom is -0.463 e. The van der Waals surface area contributed by atoms with E-state index in [2.05, 4.69) is 142 Å². The van der Waals surface area contributed by atoms with Crippen LogP contribution in [0.1, 0.15) is 265 Å². The number of carbonyl (C=O) groups is 3. The number of carbonyl (C=O) groups excluding carboxylic acids is 3. The predicted molar refractivity (Wildman–Crippen MR) is 371 cm³/mol. The van der Waals surface area contributed by atoms with Crippen LogP contribution in [0.2, 0.25) is 0 Å². The second-order valence-electron chi connectivity index (χ2n) is 22.9. The van der Waals surface area contributed by atoms with E-state index in [1.807, 2.05) is 0 Å². The molecular weight excluding hydrogens is 1190 g/mol. The number of hydrogen-bond acceptors (Lipinski definition) is 14. The van der Waals surface area contributed by atoms with E-state index < -0.39 is 91.5 Å². The fraction of sp³-hybridized carbons (Fsp3) is 0.685. The van der Waals surface area contributed by atoms with Gasteiger partial charge < -0.3 is 34.2 Å². The number of phosphoric acid groups is 2. The summed E-state index contributed by atoms with van der Waals surface area (Å²) in [4.78, 5) is 58.4. The van der Waals surface area contributed by atoms with Gasteiger partial charge in [-0.3, -0.25) is 32.5 Å². The van der Waals surface area contributed by atoms with Crippen LogP contribution in [-0.2, 0) is 55.8 Å². The highest BCUT2D eigenvalue weighted by Crippen LogP contribution is 2.45. The van der Waals surface area contributed by atoms with E-state index in [1.54, 1.807) is 0 Å². The Morgan fingerprint density at radius 1 is 0.319 bits per heavy atom. The van der Waals surface area contributed by atoms with Crippen LogP contribution in [-0.4, -0.2) is 95.9 Å². The van der Waals surface area contributed by atoms with Crippen LogP contribution in [0.15, 0.2) is 122 Å². The zero-order valence-electron chi connectivity index (χ0n) is 56.5. The van der Waals surface area contributed by atoms with Gasteiger partial charge in [-0.2, -0.15) is 0 Å². The van der Waals surface area contributed by atoms with E-state index in [0.29, 0.717) is 19.3 Å². The maximum Gasteiger partial charge on any atom is 0.472 e. The highest BCUT2D eigenvalue weighted by molar-refractivity contribution is 7.47. The molecule has 0 saturated heterocycles. The van der Waals surface area contributed by atoms with Crippen molar-refractivity contribution in [3.05, 3.63) is 122 Å². The first-order chi connectivity index (χ1) is 44.2. The van der Waals surface area contributed by atoms with Crippen molar-refractivity contribution in [2.45, 2.75) is 283 Å². The lowest BCUT2D eigenvalue weighted by atomic mass is 10.1. The molecule has 0 rings (SSSR count). The van der Waals surface area contributed by atoms with Crippen LogP contribution in [0.3, 0.4) is 0 Å². The SMILES string of the molecule is CC/C=C\C/C=C\C/C=C\C/C=C\C/C=C\C/C=C\CCCCCCC(=O)OCC(O)COP(=O)(O)OCC(O)COP(=O)(O)OCC(COC(=O)CCCCCCCCC/C=C\C/C=C\C/C=C\CC)OC(=O)CCCCCCC/C=C\CCCCCCCC. The molecule has 0 saturated carbocycles. The Kier molecular flexibility index (Phi) is 63.1. The third-order valence-electron chi connectivity index (χ3n) is 14.2. The van der Waals surface area contributed by atoms with Crippen molar-refractivity contribution < 1.29 is 75.8 Å². The summed E-state index contributed by atoms with van der Waals surface area (Å²) in [5.74, 6) is -1.62. The Morgan fingerprint density at radius 3 is 0.934 bits per heavy atom. The van der Waals surface area contributed by atoms with Gasteiger partial charge in [0.25, 0.3) is 0 Å². The molecular formula is C73H124O16P2. The zero-order chi connectivity index (χ0) is 66.7. The molecule has 91 heavy (non-hydrogen) atoms. The van der Waals surface area contributed by atoms with Crippen molar-refractivity contribution >= 4 is 33.6 Å². The number of ether oxygens (including phenoxy) is 3. The summed E-state index contributed by atoms with van der Waals surface area (Å²) in [6.45, 7) is 2.38. The number of aliphatic hydroxyl groups excluding tert-OH is 2. The Balaban J connectivity index is 4.66. The monoisotopic (exact) mass is 1320 g/mol. The van der Waals surface area contributed by atoms with Gasteiger partial charge in [0.1, 0.15) is 25.4 Å². The molecule has 0 spiro atoms. The summed E-state index contributed by atoms with van der Waals surface area (Å²) >= 11 is 0. The fourth-order valence-corrected chi connectivity index (χ4v) is 10.5. The Morgan fingerprint density at radius 2 is 0.582 bits per heavy atom. The van der Waals surface area contributed by atoms with Gasteiger partial charge >= 0.3 is 33.6 Å². The zero-order valence-corrected chi connectivity index (χ0v) is 58.3. The molecule has 0 radical (unpaired) electrons. The molecule has 0 aliphatic heterocycles. The molecule has 0 aromatic heterocycles. The van der Waals surface area contributed by atoms with E-state index in [9.17, 15) is 43.5 Å². The fourth-order valence-electron chi connectivity index (χ4n) is 8.88. The average Bonchev–Trinajstić information content (AvgIpc) is 3.63. The summed E-state index contributed by atoms with van der Waals surface area (Å²) in [5, 5.41) is 20.6. The minimum absolute atomic E-state index is 0.0901. The smallest absolute Gasteiger partial charge is 0.463 e. The first-order valence-electron chi connectivity index (χ1n) is 34.8. The maximum atomic E-state index is 12.9. The number of phosphoric ester groups is 2. The van der Waals surface area contributed by atoms with Gasteiger partial charge in [-0.1, -0.05) is 239 Å². The first-order valence-corrected chi connectivity index (χ1v) is 37.8. The third kappa shape index (κ3) is 67.2. The van der Waals surface area contributed by atoms with Crippen molar-refractivity contribution in [2.75, 3.05) is 39.6 Å². The largest absolute Gasteiger partial charge is 0.472 e. The van der Waals surface area contributed by atoms with Gasteiger partial charge in [0.15, 0.2) is 6.10 Å². The molecule has 0 aliphatic carbocycles. The van der Waals surface area contributed by atoms with Gasteiger partial charge in [0.05, 0.1) is 26.4 Å². The molecule has 0 fully saturated rings. The quantitative estimate of drug-likeness (QED) is 0.0146. The molecule has 5 unspecified atom stereocenters. The number of rotatable bonds is 65. The van der Waals surface area contributed by atoms with Crippen molar-refractivity contribution in [3.63, 3.8) is 0 Å². The number of allylic oxidation sites excluding steroid dienone is 20. The molecule has 0 aromatic rings. The van der Waals surface area contributed by atoms with Crippen LogP contribution in [0, 0.1) is 0 Å². The second-order valence-corrected chi connectivity index (χ2v) is 25.8. The van der Waals surface area contributed by atoms with Crippen LogP contribution < -0.4 is 0 Å². The van der Waals surface area contributed by atoms with Gasteiger partial charge in [-0.25, -0.2) is 9.13 Å². The third-order valence-corrected chi connectivity index (χ3v) is 16.1. The second kappa shape index (κ2) is 66.0. The highest BCUT2D eigenvalue weighted by Gasteiger charge is 2.29. The van der Waals surface area contributed by atoms with Crippen molar-refractivity contribution in [3.8, 4) is 0 Å². The lowest BCUT2D eigenvalue weighted by Crippen LogP contribution is -2.30. The molecule has 0 aromatic carbocycles. The van der Waals surface area contributed by atoms with E-state index >= 15 is 0 Å². The molecule has 16 nitrogen and oxygen atoms in total. The minimum atomic E-state index is -4.93. The van der Waals surface area contributed by atoms with Gasteiger partial charge in [0, 0.05) is 19.3 Å². The Labute approximate surface area is 551 Å². The van der Waals surface area contributed by atoms with Gasteiger partial charge in [0.2, 0.25) is 0 Å². The lowest BCUT2D eigenvalue weighted by molar-refractivity contribution is -0.161. The molecule has 0 heterocycles. The highest BCUT2D eigenvalue weighted by atomic mass is 31.2. The predicted octanol–water partition coefficient (Wildman–Crippen LogP) is 19.4. The summed E-state index contributed by atoms with van der Waals surface area (Å²) in [7, 11) is -9.79. The standard InChI is InChI=1S/C73H124O16P2/c1-4-7-10-13-16-19-22-25-28-30-31-32-33-34-35-37-40-41-44-47-50-53-56-59-71(76)83-62-68(74)63-85-90(79,80)86-64-69(75)65-87-91(81,82)88-67-70(89-73(78)61-58-55-52-49-46-43-38-27-24-21-18-15-12-9-6-3)66-84-72(77)60-57-54-51-48-45-42-39-36-29-26-23-20-17-14-11-8-5-2/h7-8,10-11,16-17,19-20,25-29,31-32,34-35,38,40-41,68-70,74-75H,4-6,9,12-15,18,21-24,30,33,36-37,39,42-67H2,1-3H3,(H,79,80)(H,81,82)/b10-7-,11-8-,19-16-,20-17-,28-25-,29-26-,32-31-,35-34-,38-27-,41-40-. The molecule has 4 N–H and O–H groups in total. The van der Waals surface area contributed by atoms with Gasteiger partial charge in [-0.05, 0) is 128 Å². The summed E-state index contributed by atoms with van der Waals surface area (Å²) < 4.78 is 60.9. The normalized spacial score (nSPS) is 14.9. The Bertz CT molecular complexity index is 2140. The van der Waals surface area contributed by atoms with E-state index in [0.717, 1.165) is 167 Å². The van der Waals surface area contributed by atoms with E-state index in [4.69, 9.17) is 32.3 Å². The van der Waals surface area contributed by atoms with Crippen molar-refractivity contribution in [2.24, 2.45) is 0 Å². The molecule has 5 atom stereocenters. The number of esters is 3. The van der Waals surface area contributed by atoms with E-state index in [1.165, 1.54) is 38.5 Å². The number of hydrogen-bond donors (Lipinski definition) is 4.